The second kappa shape index (κ2) is 27.2. The maximum Gasteiger partial charge on any atom is 0.410 e. The Balaban J connectivity index is 0.000000281. The second-order valence-electron chi connectivity index (χ2n) is 25.2. The zero-order valence-electron chi connectivity index (χ0n) is 51.8. The van der Waals surface area contributed by atoms with Crippen LogP contribution in [0, 0.1) is 18.7 Å². The summed E-state index contributed by atoms with van der Waals surface area (Å²) in [6, 6.07) is 22.3. The fraction of sp³-hybridized carbons (Fsp3) is 0.448. The molecule has 4 aliphatic rings. The van der Waals surface area contributed by atoms with Crippen LogP contribution >= 0.6 is 0 Å². The minimum atomic E-state index is -0.615. The van der Waals surface area contributed by atoms with E-state index in [2.05, 4.69) is 46.7 Å². The van der Waals surface area contributed by atoms with Crippen molar-refractivity contribution in [2.24, 2.45) is 5.92 Å². The van der Waals surface area contributed by atoms with Crippen molar-refractivity contribution >= 4 is 45.9 Å². The van der Waals surface area contributed by atoms with E-state index < -0.39 is 17.5 Å². The molecule has 7 heterocycles. The van der Waals surface area contributed by atoms with E-state index >= 15 is 4.39 Å². The Morgan fingerprint density at radius 1 is 0.944 bits per heavy atom. The van der Waals surface area contributed by atoms with Crippen LogP contribution in [0.3, 0.4) is 0 Å². The first-order chi connectivity index (χ1) is 42.3. The monoisotopic (exact) mass is 1300 g/mol. The number of benzene rings is 4. The molecule has 8 aromatic rings. The van der Waals surface area contributed by atoms with Crippen molar-refractivity contribution in [2.45, 2.75) is 141 Å². The van der Waals surface area contributed by atoms with Crippen LogP contribution in [0.25, 0.3) is 55.3 Å². The Morgan fingerprint density at radius 2 is 1.70 bits per heavy atom. The number of hydrogen-bond donors (Lipinski definition) is 3. The molecular formula is C67H78FN12O8Pd-. The van der Waals surface area contributed by atoms with Crippen LogP contribution in [0.4, 0.5) is 15.0 Å². The average Bonchev–Trinajstić information content (AvgIpc) is 1.75. The number of aliphatic hydroxyl groups is 1. The van der Waals surface area contributed by atoms with E-state index in [-0.39, 0.29) is 105 Å². The first-order valence-electron chi connectivity index (χ1n) is 30.5. The van der Waals surface area contributed by atoms with Gasteiger partial charge in [-0.25, -0.2) is 13.9 Å². The number of carbonyl (C=O) groups excluding carboxylic acids is 3. The number of pyridine rings is 1. The van der Waals surface area contributed by atoms with Crippen molar-refractivity contribution in [3.63, 3.8) is 0 Å². The van der Waals surface area contributed by atoms with Gasteiger partial charge < -0.3 is 54.5 Å². The number of likely N-dealkylation sites (tertiary alicyclic amines) is 2. The van der Waals surface area contributed by atoms with Gasteiger partial charge in [-0.1, -0.05) is 73.7 Å². The van der Waals surface area contributed by atoms with Crippen molar-refractivity contribution in [1.29, 1.82) is 0 Å². The fourth-order valence-electron chi connectivity index (χ4n) is 12.4. The Labute approximate surface area is 531 Å². The van der Waals surface area contributed by atoms with E-state index in [1.165, 1.54) is 6.07 Å². The van der Waals surface area contributed by atoms with Gasteiger partial charge in [-0.2, -0.15) is 16.2 Å². The molecule has 12 rings (SSSR count). The topological polar surface area (TPSA) is 237 Å². The molecule has 3 saturated heterocycles. The maximum absolute atomic E-state index is 16.6. The first kappa shape index (κ1) is 64.3. The molecule has 20 nitrogen and oxygen atoms in total. The largest absolute Gasteiger partial charge is 0.581 e. The summed E-state index contributed by atoms with van der Waals surface area (Å²) >= 11 is 0. The van der Waals surface area contributed by atoms with Gasteiger partial charge in [0.05, 0.1) is 48.6 Å². The molecule has 4 fully saturated rings. The van der Waals surface area contributed by atoms with E-state index in [1.807, 2.05) is 116 Å². The number of aliphatic hydroxyl groups excluding tert-OH is 1. The van der Waals surface area contributed by atoms with Gasteiger partial charge in [-0.3, -0.25) is 14.7 Å². The zero-order valence-corrected chi connectivity index (χ0v) is 53.4. The quantitative estimate of drug-likeness (QED) is 0.0504. The van der Waals surface area contributed by atoms with Crippen LogP contribution in [0.5, 0.6) is 11.8 Å². The van der Waals surface area contributed by atoms with Gasteiger partial charge in [-0.15, -0.1) is 5.10 Å². The van der Waals surface area contributed by atoms with Crippen LogP contribution in [-0.2, 0) is 52.3 Å². The van der Waals surface area contributed by atoms with Crippen molar-refractivity contribution < 1.29 is 63.6 Å². The molecule has 4 aromatic heterocycles. The standard InChI is InChI=1S/C47H53FN9O6.C20H25N3O2.Pd/c1-25(2)39(23-58)57-22-38(53-54-57)29-11-8-27(9-12-29)10-15-32-36(48)18-37-35(19-49-52-37)40(32)41-33(28-13-14-28)17-34-42(43(41)59)50-45(62-24-26(3)61-7)51-44(34)55-20-31-16-30(55)21-56(31)46(60)63-47(4,5)6;1-14-17(5-3-11-21-14)15-7-9-16(10-8-15)18(13-24)22-20(25)19-6-4-12-23(19)2;/h8-9,11-12,17-19,22-23,25-26,28,30-31,39H,10,13-16,20-21,24H2,1-7H3,(H-,49,50,51,52,53,54,59);3,5,7-11,18-19,24H,4,6,12-13H2,1-2H3,(H,22,25);/q-1;;/t26-,30?,31?,39?;;/m0../s1. The maximum atomic E-state index is 16.6. The number of likely N-dealkylation sites (N-methyl/N-ethyl adjacent to an activating group) is 1. The third-order valence-electron chi connectivity index (χ3n) is 17.5. The van der Waals surface area contributed by atoms with Crippen molar-refractivity contribution in [3.05, 3.63) is 125 Å². The van der Waals surface area contributed by atoms with Crippen LogP contribution in [-0.4, -0.2) is 150 Å². The van der Waals surface area contributed by atoms with Gasteiger partial charge in [0.25, 0.3) is 0 Å². The minimum Gasteiger partial charge on any atom is -0.581 e. The molecule has 89 heavy (non-hydrogen) atoms. The first-order valence-corrected chi connectivity index (χ1v) is 30.5. The molecule has 0 spiro atoms. The molecule has 3 N–H and O–H groups in total. The van der Waals surface area contributed by atoms with Crippen LogP contribution < -0.4 is 20.1 Å². The summed E-state index contributed by atoms with van der Waals surface area (Å²) in [4.78, 5) is 57.5. The Kier molecular flexibility index (Phi) is 19.6. The van der Waals surface area contributed by atoms with Crippen LogP contribution in [0.2, 0.25) is 0 Å². The van der Waals surface area contributed by atoms with E-state index in [9.17, 15) is 24.6 Å². The number of aromatic nitrogens is 8. The second-order valence-corrected chi connectivity index (χ2v) is 25.2. The third kappa shape index (κ3) is 13.9. The number of amides is 2. The summed E-state index contributed by atoms with van der Waals surface area (Å²) in [5, 5.41) is 43.7. The molecule has 5 unspecified atom stereocenters. The summed E-state index contributed by atoms with van der Waals surface area (Å²) in [6.45, 7) is 15.4. The summed E-state index contributed by atoms with van der Waals surface area (Å²) in [6.07, 6.45) is 10.8. The summed E-state index contributed by atoms with van der Waals surface area (Å²) in [5.41, 5.74) is 8.95. The van der Waals surface area contributed by atoms with E-state index in [4.69, 9.17) is 24.2 Å². The molecular weight excluding hydrogens is 1230 g/mol. The number of aryl methyl sites for hydroxylation is 2. The number of nitrogens with one attached hydrogen (secondary N) is 1. The van der Waals surface area contributed by atoms with Crippen molar-refractivity contribution in [1.82, 2.24) is 55.3 Å². The number of phenols is 1. The average molecular weight is 1300 g/mol. The van der Waals surface area contributed by atoms with E-state index in [1.54, 1.807) is 35.3 Å². The molecule has 22 heteroatoms. The number of anilines is 1. The van der Waals surface area contributed by atoms with Crippen LogP contribution in [0.1, 0.15) is 120 Å². The Hall–Kier alpha value is -7.74. The number of methoxy groups -OCH3 is 1. The molecule has 4 aromatic carbocycles. The zero-order chi connectivity index (χ0) is 62.1. The number of aldehydes is 1. The number of halogens is 1. The van der Waals surface area contributed by atoms with Gasteiger partial charge in [0.15, 0.2) is 0 Å². The number of piperazine rings is 1. The SMILES string of the molecule is CO[C@@H](C)COc1nc(N2CC3CC2CN3C(=O)OC(C)(C)C)c2cc(C3CC3)c(-c3c(CCc4ccc(-c5cn(C(C=O)C(C)C)nn5)cc4)c(F)cc4n[n-]cc34)c(O)c2n1.Cc1ncccc1-c1ccc(C(CO)NC(=O)C2CCCN2C)cc1.[Pd]. The summed E-state index contributed by atoms with van der Waals surface area (Å²) in [5.74, 6) is 0.254. The number of carbonyl (C=O) groups is 3. The Morgan fingerprint density at radius 3 is 2.34 bits per heavy atom. The number of phenolic OH excluding ortho intramolecular Hbond substituents is 1. The molecule has 1 saturated carbocycles. The smallest absolute Gasteiger partial charge is 0.410 e. The van der Waals surface area contributed by atoms with Gasteiger partial charge in [0.1, 0.15) is 53.1 Å². The minimum absolute atomic E-state index is 0. The van der Waals surface area contributed by atoms with Crippen LogP contribution in [0.15, 0.2) is 91.4 Å². The molecule has 0 radical (unpaired) electrons. The Bertz CT molecular complexity index is 3830. The number of ether oxygens (including phenoxy) is 3. The summed E-state index contributed by atoms with van der Waals surface area (Å²) < 4.78 is 35.5. The van der Waals surface area contributed by atoms with Gasteiger partial charge >= 0.3 is 12.1 Å². The van der Waals surface area contributed by atoms with E-state index in [0.717, 1.165) is 84.0 Å². The number of rotatable bonds is 19. The molecule has 472 valence electrons. The molecule has 3 aliphatic heterocycles. The molecule has 2 amide bonds. The normalized spacial score (nSPS) is 18.4. The summed E-state index contributed by atoms with van der Waals surface area (Å²) in [7, 11) is 3.57. The van der Waals surface area contributed by atoms with Crippen molar-refractivity contribution in [3.8, 4) is 45.3 Å². The van der Waals surface area contributed by atoms with Gasteiger partial charge in [0.2, 0.25) is 5.91 Å². The fourth-order valence-corrected chi connectivity index (χ4v) is 12.4. The number of hydrogen-bond acceptors (Lipinski definition) is 16. The van der Waals surface area contributed by atoms with Gasteiger partial charge in [-0.05, 0) is 162 Å². The third-order valence-corrected chi connectivity index (χ3v) is 17.5. The number of nitrogens with zero attached hydrogens (tertiary/aromatic N) is 11. The van der Waals surface area contributed by atoms with Crippen molar-refractivity contribution in [2.75, 3.05) is 51.9 Å². The molecule has 6 atom stereocenters. The molecule has 2 bridgehead atoms. The van der Waals surface area contributed by atoms with Gasteiger partial charge in [0, 0.05) is 74.6 Å². The molecule has 1 aliphatic carbocycles. The van der Waals surface area contributed by atoms with E-state index in [0.29, 0.717) is 70.4 Å². The number of fused-ring (bicyclic) bond motifs is 4. The predicted molar refractivity (Wildman–Crippen MR) is 332 cm³/mol. The predicted octanol–water partition coefficient (Wildman–Crippen LogP) is 9.87. The number of aromatic hydroxyl groups is 1.